The van der Waals surface area contributed by atoms with Crippen LogP contribution in [0, 0.1) is 16.7 Å². The third-order valence-corrected chi connectivity index (χ3v) is 7.83. The van der Waals surface area contributed by atoms with E-state index in [1.54, 1.807) is 0 Å². The van der Waals surface area contributed by atoms with E-state index in [-0.39, 0.29) is 5.41 Å². The van der Waals surface area contributed by atoms with Gasteiger partial charge in [0.25, 0.3) is 0 Å². The fourth-order valence-corrected chi connectivity index (χ4v) is 5.67. The van der Waals surface area contributed by atoms with Crippen LogP contribution in [-0.4, -0.2) is 17.8 Å². The second-order valence-corrected chi connectivity index (χ2v) is 10.5. The van der Waals surface area contributed by atoms with Crippen LogP contribution in [0.1, 0.15) is 109 Å². The van der Waals surface area contributed by atoms with Crippen molar-refractivity contribution in [3.05, 3.63) is 54.1 Å². The first-order valence-electron chi connectivity index (χ1n) is 14.0. The Balaban J connectivity index is 1.58. The molecular formula is C32H45NO2. The fourth-order valence-electron chi connectivity index (χ4n) is 5.67. The van der Waals surface area contributed by atoms with Crippen molar-refractivity contribution in [1.82, 2.24) is 0 Å². The Morgan fingerprint density at radius 3 is 2.26 bits per heavy atom. The summed E-state index contributed by atoms with van der Waals surface area (Å²) >= 11 is 0. The summed E-state index contributed by atoms with van der Waals surface area (Å²) in [5, 5.41) is 19.0. The summed E-state index contributed by atoms with van der Waals surface area (Å²) in [6.45, 7) is 4.68. The molecule has 2 aromatic rings. The molecule has 0 saturated heterocycles. The van der Waals surface area contributed by atoms with Crippen molar-refractivity contribution in [3.63, 3.8) is 0 Å². The lowest BCUT2D eigenvalue weighted by Crippen LogP contribution is -2.26. The number of nitrogens with zero attached hydrogens (tertiary/aromatic N) is 1. The molecule has 3 unspecified atom stereocenters. The summed E-state index contributed by atoms with van der Waals surface area (Å²) < 4.78 is 6.14. The minimum absolute atomic E-state index is 0.164. The number of nitriles is 1. The molecule has 1 fully saturated rings. The van der Waals surface area contributed by atoms with Gasteiger partial charge < -0.3 is 9.84 Å². The van der Waals surface area contributed by atoms with Gasteiger partial charge in [-0.2, -0.15) is 5.26 Å². The molecule has 1 aliphatic carbocycles. The molecule has 1 N–H and O–H groups in total. The number of benzene rings is 2. The van der Waals surface area contributed by atoms with Crippen LogP contribution in [0.2, 0.25) is 0 Å². The minimum atomic E-state index is -0.164. The number of ether oxygens (including phenoxy) is 1. The van der Waals surface area contributed by atoms with E-state index in [0.717, 1.165) is 76.4 Å². The Hall–Kier alpha value is -2.31. The molecule has 190 valence electrons. The number of rotatable bonds is 14. The number of hydrogen-bond donors (Lipinski definition) is 1. The summed E-state index contributed by atoms with van der Waals surface area (Å²) in [4.78, 5) is 0. The minimum Gasteiger partial charge on any atom is -0.490 e. The first-order valence-corrected chi connectivity index (χ1v) is 14.0. The zero-order valence-electron chi connectivity index (χ0n) is 22.0. The number of aliphatic hydroxyl groups is 1. The quantitative estimate of drug-likeness (QED) is 0.278. The Kier molecular flexibility index (Phi) is 11.1. The molecule has 3 atom stereocenters. The van der Waals surface area contributed by atoms with Crippen molar-refractivity contribution in [2.45, 2.75) is 109 Å². The van der Waals surface area contributed by atoms with Gasteiger partial charge in [0.2, 0.25) is 0 Å². The van der Waals surface area contributed by atoms with E-state index in [1.807, 2.05) is 0 Å². The monoisotopic (exact) mass is 475 g/mol. The van der Waals surface area contributed by atoms with E-state index in [4.69, 9.17) is 9.84 Å². The van der Waals surface area contributed by atoms with Gasteiger partial charge in [0.05, 0.1) is 17.6 Å². The Labute approximate surface area is 213 Å². The van der Waals surface area contributed by atoms with Crippen LogP contribution in [0.25, 0.3) is 11.1 Å². The topological polar surface area (TPSA) is 53.2 Å². The highest BCUT2D eigenvalue weighted by atomic mass is 16.5. The molecule has 1 saturated carbocycles. The van der Waals surface area contributed by atoms with Gasteiger partial charge >= 0.3 is 0 Å². The summed E-state index contributed by atoms with van der Waals surface area (Å²) in [7, 11) is 0. The third kappa shape index (κ3) is 8.11. The number of aliphatic hydroxyl groups excluding tert-OH is 1. The van der Waals surface area contributed by atoms with Gasteiger partial charge in [-0.25, -0.2) is 0 Å². The highest BCUT2D eigenvalue weighted by Crippen LogP contribution is 2.46. The van der Waals surface area contributed by atoms with E-state index in [0.29, 0.717) is 18.6 Å². The molecule has 0 heterocycles. The summed E-state index contributed by atoms with van der Waals surface area (Å²) in [6.07, 6.45) is 14.4. The number of hydrogen-bond acceptors (Lipinski definition) is 3. The van der Waals surface area contributed by atoms with Gasteiger partial charge in [-0.1, -0.05) is 88.8 Å². The van der Waals surface area contributed by atoms with Crippen LogP contribution in [0.15, 0.2) is 48.5 Å². The molecule has 3 rings (SSSR count). The molecular weight excluding hydrogens is 430 g/mol. The first kappa shape index (κ1) is 27.3. The average Bonchev–Trinajstić information content (AvgIpc) is 2.91. The Bertz CT molecular complexity index is 899. The summed E-state index contributed by atoms with van der Waals surface area (Å²) in [5.41, 5.74) is 3.65. The van der Waals surface area contributed by atoms with E-state index in [2.05, 4.69) is 68.4 Å². The molecule has 1 aliphatic rings. The highest BCUT2D eigenvalue weighted by molar-refractivity contribution is 5.64. The van der Waals surface area contributed by atoms with Crippen molar-refractivity contribution in [1.29, 1.82) is 5.26 Å². The third-order valence-electron chi connectivity index (χ3n) is 7.83. The molecule has 0 bridgehead atoms. The van der Waals surface area contributed by atoms with Crippen LogP contribution in [0.3, 0.4) is 0 Å². The predicted octanol–water partition coefficient (Wildman–Crippen LogP) is 8.81. The normalized spacial score (nSPS) is 20.8. The van der Waals surface area contributed by atoms with Crippen molar-refractivity contribution in [2.75, 3.05) is 6.61 Å². The van der Waals surface area contributed by atoms with Crippen molar-refractivity contribution in [3.8, 4) is 22.9 Å². The van der Waals surface area contributed by atoms with Gasteiger partial charge in [0.15, 0.2) is 0 Å². The van der Waals surface area contributed by atoms with Crippen LogP contribution in [0.4, 0.5) is 0 Å². The maximum atomic E-state index is 10.1. The first-order chi connectivity index (χ1) is 17.1. The SMILES string of the molecule is CCCC(CC)Oc1ccc(-c2ccc(C3CCCC(C#N)(CCCCCCCO)C3)cc2)cc1. The predicted molar refractivity (Wildman–Crippen MR) is 146 cm³/mol. The van der Waals surface area contributed by atoms with E-state index in [9.17, 15) is 5.26 Å². The second kappa shape index (κ2) is 14.3. The average molecular weight is 476 g/mol. The Morgan fingerprint density at radius 2 is 1.63 bits per heavy atom. The van der Waals surface area contributed by atoms with E-state index in [1.165, 1.54) is 29.5 Å². The molecule has 35 heavy (non-hydrogen) atoms. The summed E-state index contributed by atoms with van der Waals surface area (Å²) in [6, 6.07) is 20.3. The molecule has 3 nitrogen and oxygen atoms in total. The lowest BCUT2D eigenvalue weighted by atomic mass is 9.66. The standard InChI is InChI=1S/C32H45NO2/c1-3-11-30(4-2)35-31-19-17-27(18-20-31)26-13-15-28(16-14-26)29-12-10-22-32(24-29,25-33)21-8-6-5-7-9-23-34/h13-20,29-30,34H,3-12,21-24H2,1-2H3. The number of unbranched alkanes of at least 4 members (excludes halogenated alkanes) is 4. The van der Waals surface area contributed by atoms with E-state index >= 15 is 0 Å². The van der Waals surface area contributed by atoms with Crippen LogP contribution in [-0.2, 0) is 0 Å². The largest absolute Gasteiger partial charge is 0.490 e. The molecule has 3 heteroatoms. The smallest absolute Gasteiger partial charge is 0.119 e. The van der Waals surface area contributed by atoms with Crippen molar-refractivity contribution in [2.24, 2.45) is 5.41 Å². The van der Waals surface area contributed by atoms with Crippen molar-refractivity contribution >= 4 is 0 Å². The van der Waals surface area contributed by atoms with Gasteiger partial charge in [-0.05, 0) is 79.7 Å². The molecule has 2 aromatic carbocycles. The van der Waals surface area contributed by atoms with Gasteiger partial charge in [0.1, 0.15) is 5.75 Å². The fraction of sp³-hybridized carbons (Fsp3) is 0.594. The molecule has 0 amide bonds. The lowest BCUT2D eigenvalue weighted by Gasteiger charge is -2.36. The molecule has 0 spiro atoms. The van der Waals surface area contributed by atoms with Gasteiger partial charge in [-0.15, -0.1) is 0 Å². The lowest BCUT2D eigenvalue weighted by molar-refractivity contribution is 0.186. The van der Waals surface area contributed by atoms with Crippen molar-refractivity contribution < 1.29 is 9.84 Å². The second-order valence-electron chi connectivity index (χ2n) is 10.5. The summed E-state index contributed by atoms with van der Waals surface area (Å²) in [5.74, 6) is 1.43. The van der Waals surface area contributed by atoms with Crippen LogP contribution < -0.4 is 4.74 Å². The zero-order valence-corrected chi connectivity index (χ0v) is 22.0. The highest BCUT2D eigenvalue weighted by Gasteiger charge is 2.36. The maximum absolute atomic E-state index is 10.1. The molecule has 0 aliphatic heterocycles. The van der Waals surface area contributed by atoms with Gasteiger partial charge in [0, 0.05) is 6.61 Å². The van der Waals surface area contributed by atoms with Crippen LogP contribution in [0.5, 0.6) is 5.75 Å². The maximum Gasteiger partial charge on any atom is 0.119 e. The van der Waals surface area contributed by atoms with E-state index < -0.39 is 0 Å². The molecule has 0 aromatic heterocycles. The Morgan fingerprint density at radius 1 is 0.971 bits per heavy atom. The zero-order chi connectivity index (χ0) is 24.9. The van der Waals surface area contributed by atoms with Gasteiger partial charge in [-0.3, -0.25) is 0 Å². The molecule has 0 radical (unpaired) electrons. The van der Waals surface area contributed by atoms with Crippen LogP contribution >= 0.6 is 0 Å².